The van der Waals surface area contributed by atoms with Crippen LogP contribution in [0.15, 0.2) is 84.9 Å². The molecule has 0 heterocycles. The van der Waals surface area contributed by atoms with Crippen molar-refractivity contribution in [1.29, 1.82) is 0 Å². The molecule has 130 valence electrons. The van der Waals surface area contributed by atoms with Crippen molar-refractivity contribution in [2.24, 2.45) is 0 Å². The summed E-state index contributed by atoms with van der Waals surface area (Å²) in [5.41, 5.74) is 2.25. The van der Waals surface area contributed by atoms with Crippen LogP contribution >= 0.6 is 0 Å². The first kappa shape index (κ1) is 17.4. The van der Waals surface area contributed by atoms with Crippen molar-refractivity contribution in [2.45, 2.75) is 6.54 Å². The number of rotatable bonds is 7. The van der Waals surface area contributed by atoms with Crippen molar-refractivity contribution >= 4 is 17.9 Å². The Balaban J connectivity index is 1.77. The fraction of sp³-hybridized carbons (Fsp3) is 0.0909. The van der Waals surface area contributed by atoms with Gasteiger partial charge in [0.2, 0.25) is 0 Å². The van der Waals surface area contributed by atoms with Gasteiger partial charge in [0.15, 0.2) is 12.9 Å². The first-order chi connectivity index (χ1) is 12.8. The lowest BCUT2D eigenvalue weighted by Gasteiger charge is -2.23. The number of hydrogen-bond donors (Lipinski definition) is 0. The number of anilines is 1. The number of benzene rings is 3. The van der Waals surface area contributed by atoms with E-state index in [1.807, 2.05) is 60.7 Å². The van der Waals surface area contributed by atoms with Gasteiger partial charge in [-0.15, -0.1) is 0 Å². The summed E-state index contributed by atoms with van der Waals surface area (Å²) in [5, 5.41) is 0. The molecule has 3 rings (SSSR count). The van der Waals surface area contributed by atoms with Gasteiger partial charge in [-0.3, -0.25) is 9.59 Å². The SMILES string of the molecule is O=Cc1ccccc1OCC(=O)N(Cc1ccccc1)c1ccccc1. The zero-order chi connectivity index (χ0) is 18.2. The second kappa shape index (κ2) is 8.62. The van der Waals surface area contributed by atoms with Crippen LogP contribution in [0.2, 0.25) is 0 Å². The minimum Gasteiger partial charge on any atom is -0.483 e. The Hall–Kier alpha value is -3.40. The lowest BCUT2D eigenvalue weighted by atomic mass is 10.2. The third kappa shape index (κ3) is 4.36. The summed E-state index contributed by atoms with van der Waals surface area (Å²) < 4.78 is 5.61. The van der Waals surface area contributed by atoms with Crippen molar-refractivity contribution in [2.75, 3.05) is 11.5 Å². The standard InChI is InChI=1S/C22H19NO3/c24-16-19-11-7-8-14-21(19)26-17-22(25)23(20-12-5-2-6-13-20)15-18-9-3-1-4-10-18/h1-14,16H,15,17H2. The van der Waals surface area contributed by atoms with Crippen LogP contribution in [0.4, 0.5) is 5.69 Å². The van der Waals surface area contributed by atoms with Gasteiger partial charge >= 0.3 is 0 Å². The van der Waals surface area contributed by atoms with Crippen LogP contribution in [0, 0.1) is 0 Å². The smallest absolute Gasteiger partial charge is 0.265 e. The van der Waals surface area contributed by atoms with Crippen molar-refractivity contribution in [1.82, 2.24) is 0 Å². The molecule has 1 amide bonds. The maximum Gasteiger partial charge on any atom is 0.265 e. The Kier molecular flexibility index (Phi) is 5.78. The Bertz CT molecular complexity index is 863. The van der Waals surface area contributed by atoms with Gasteiger partial charge in [-0.1, -0.05) is 60.7 Å². The van der Waals surface area contributed by atoms with Gasteiger partial charge in [-0.2, -0.15) is 0 Å². The number of carbonyl (C=O) groups excluding carboxylic acids is 2. The third-order valence-corrected chi connectivity index (χ3v) is 3.95. The van der Waals surface area contributed by atoms with Crippen LogP contribution in [0.1, 0.15) is 15.9 Å². The Morgan fingerprint density at radius 3 is 2.15 bits per heavy atom. The number of nitrogens with zero attached hydrogens (tertiary/aromatic N) is 1. The molecule has 0 spiro atoms. The highest BCUT2D eigenvalue weighted by atomic mass is 16.5. The minimum absolute atomic E-state index is 0.146. The van der Waals surface area contributed by atoms with E-state index in [1.54, 1.807) is 29.2 Å². The maximum absolute atomic E-state index is 12.8. The molecule has 0 radical (unpaired) electrons. The van der Waals surface area contributed by atoms with E-state index in [2.05, 4.69) is 0 Å². The summed E-state index contributed by atoms with van der Waals surface area (Å²) in [4.78, 5) is 25.6. The van der Waals surface area contributed by atoms with E-state index in [-0.39, 0.29) is 12.5 Å². The number of aldehydes is 1. The summed E-state index contributed by atoms with van der Waals surface area (Å²) in [6, 6.07) is 26.1. The average molecular weight is 345 g/mol. The molecule has 0 aliphatic heterocycles. The molecule has 0 atom stereocenters. The normalized spacial score (nSPS) is 10.2. The van der Waals surface area contributed by atoms with Gasteiger partial charge in [0.1, 0.15) is 5.75 Å². The van der Waals surface area contributed by atoms with Gasteiger partial charge in [0, 0.05) is 5.69 Å². The van der Waals surface area contributed by atoms with Gasteiger partial charge in [0.25, 0.3) is 5.91 Å². The molecule has 26 heavy (non-hydrogen) atoms. The van der Waals surface area contributed by atoms with Crippen molar-refractivity contribution in [3.8, 4) is 5.75 Å². The largest absolute Gasteiger partial charge is 0.483 e. The quantitative estimate of drug-likeness (QED) is 0.605. The molecule has 0 saturated heterocycles. The fourth-order valence-electron chi connectivity index (χ4n) is 2.62. The zero-order valence-corrected chi connectivity index (χ0v) is 14.2. The Morgan fingerprint density at radius 1 is 0.846 bits per heavy atom. The lowest BCUT2D eigenvalue weighted by molar-refractivity contribution is -0.120. The van der Waals surface area contributed by atoms with Crippen LogP contribution in [-0.4, -0.2) is 18.8 Å². The second-order valence-corrected chi connectivity index (χ2v) is 5.75. The first-order valence-electron chi connectivity index (χ1n) is 8.34. The highest BCUT2D eigenvalue weighted by Gasteiger charge is 2.17. The molecule has 0 fully saturated rings. The molecule has 0 aliphatic carbocycles. The predicted octanol–water partition coefficient (Wildman–Crippen LogP) is 4.11. The van der Waals surface area contributed by atoms with E-state index < -0.39 is 0 Å². The average Bonchev–Trinajstić information content (AvgIpc) is 2.72. The minimum atomic E-state index is -0.180. The van der Waals surface area contributed by atoms with Crippen LogP contribution in [0.25, 0.3) is 0 Å². The zero-order valence-electron chi connectivity index (χ0n) is 14.2. The molecular formula is C22H19NO3. The van der Waals surface area contributed by atoms with Crippen molar-refractivity contribution < 1.29 is 14.3 Å². The number of amides is 1. The number of carbonyl (C=O) groups is 2. The molecule has 0 bridgehead atoms. The monoisotopic (exact) mass is 345 g/mol. The molecule has 4 heteroatoms. The predicted molar refractivity (Wildman–Crippen MR) is 101 cm³/mol. The van der Waals surface area contributed by atoms with Crippen molar-refractivity contribution in [3.05, 3.63) is 96.1 Å². The lowest BCUT2D eigenvalue weighted by Crippen LogP contribution is -2.34. The fourth-order valence-corrected chi connectivity index (χ4v) is 2.62. The molecule has 0 saturated carbocycles. The van der Waals surface area contributed by atoms with E-state index in [9.17, 15) is 9.59 Å². The van der Waals surface area contributed by atoms with Gasteiger partial charge < -0.3 is 9.64 Å². The van der Waals surface area contributed by atoms with E-state index in [0.717, 1.165) is 17.5 Å². The molecular weight excluding hydrogens is 326 g/mol. The molecule has 0 aliphatic rings. The Morgan fingerprint density at radius 2 is 1.46 bits per heavy atom. The van der Waals surface area contributed by atoms with Gasteiger partial charge in [-0.05, 0) is 29.8 Å². The number of ether oxygens (including phenoxy) is 1. The van der Waals surface area contributed by atoms with Crippen LogP contribution in [0.5, 0.6) is 5.75 Å². The first-order valence-corrected chi connectivity index (χ1v) is 8.34. The van der Waals surface area contributed by atoms with Gasteiger partial charge in [-0.25, -0.2) is 0 Å². The molecule has 3 aromatic rings. The second-order valence-electron chi connectivity index (χ2n) is 5.75. The van der Waals surface area contributed by atoms with Crippen molar-refractivity contribution in [3.63, 3.8) is 0 Å². The molecule has 0 N–H and O–H groups in total. The maximum atomic E-state index is 12.8. The van der Waals surface area contributed by atoms with E-state index in [0.29, 0.717) is 17.9 Å². The van der Waals surface area contributed by atoms with E-state index in [4.69, 9.17) is 4.74 Å². The third-order valence-electron chi connectivity index (χ3n) is 3.95. The highest BCUT2D eigenvalue weighted by Crippen LogP contribution is 2.19. The summed E-state index contributed by atoms with van der Waals surface area (Å²) in [7, 11) is 0. The molecule has 0 unspecified atom stereocenters. The molecule has 0 aromatic heterocycles. The van der Waals surface area contributed by atoms with Crippen LogP contribution < -0.4 is 9.64 Å². The number of para-hydroxylation sites is 2. The highest BCUT2D eigenvalue weighted by molar-refractivity contribution is 5.94. The van der Waals surface area contributed by atoms with Crippen LogP contribution in [0.3, 0.4) is 0 Å². The number of hydrogen-bond acceptors (Lipinski definition) is 3. The van der Waals surface area contributed by atoms with E-state index in [1.165, 1.54) is 0 Å². The van der Waals surface area contributed by atoms with Gasteiger partial charge in [0.05, 0.1) is 12.1 Å². The van der Waals surface area contributed by atoms with E-state index >= 15 is 0 Å². The molecule has 3 aromatic carbocycles. The summed E-state index contributed by atoms with van der Waals surface area (Å²) >= 11 is 0. The summed E-state index contributed by atoms with van der Waals surface area (Å²) in [6.45, 7) is 0.301. The topological polar surface area (TPSA) is 46.6 Å². The summed E-state index contributed by atoms with van der Waals surface area (Å²) in [6.07, 6.45) is 0.721. The molecule has 4 nitrogen and oxygen atoms in total. The summed E-state index contributed by atoms with van der Waals surface area (Å²) in [5.74, 6) is 0.226. The van der Waals surface area contributed by atoms with Crippen LogP contribution in [-0.2, 0) is 11.3 Å². The Labute approximate surface area is 152 Å².